The van der Waals surface area contributed by atoms with Crippen LogP contribution in [0.15, 0.2) is 42.5 Å². The van der Waals surface area contributed by atoms with Crippen molar-refractivity contribution in [2.24, 2.45) is 0 Å². The van der Waals surface area contributed by atoms with Gasteiger partial charge in [0.05, 0.1) is 5.56 Å². The Morgan fingerprint density at radius 1 is 1.04 bits per heavy atom. The van der Waals surface area contributed by atoms with Gasteiger partial charge in [0.25, 0.3) is 0 Å². The summed E-state index contributed by atoms with van der Waals surface area (Å²) < 4.78 is 10.8. The van der Waals surface area contributed by atoms with E-state index in [1.165, 1.54) is 0 Å². The number of Topliss-reactive ketones (excluding diaryl/α,β-unsaturated/α-hetero) is 1. The lowest BCUT2D eigenvalue weighted by molar-refractivity contribution is -0.157. The summed E-state index contributed by atoms with van der Waals surface area (Å²) in [5.74, 6) is 6.18. The van der Waals surface area contributed by atoms with Crippen LogP contribution in [0, 0.1) is 11.8 Å². The van der Waals surface area contributed by atoms with Crippen LogP contribution in [0.2, 0.25) is 5.02 Å². The summed E-state index contributed by atoms with van der Waals surface area (Å²) in [7, 11) is 0. The Kier molecular flexibility index (Phi) is 7.25. The van der Waals surface area contributed by atoms with Gasteiger partial charge in [-0.05, 0) is 63.6 Å². The maximum Gasteiger partial charge on any atom is 0.344 e. The van der Waals surface area contributed by atoms with Crippen molar-refractivity contribution in [1.82, 2.24) is 0 Å². The average molecular weight is 399 g/mol. The third kappa shape index (κ3) is 7.46. The Labute approximate surface area is 170 Å². The second kappa shape index (κ2) is 9.43. The van der Waals surface area contributed by atoms with Crippen LogP contribution in [0.3, 0.4) is 0 Å². The normalized spacial score (nSPS) is 10.6. The molecular formula is C23H23ClO4. The molecule has 0 unspecified atom stereocenters. The van der Waals surface area contributed by atoms with Crippen LogP contribution >= 0.6 is 11.6 Å². The predicted octanol–water partition coefficient (Wildman–Crippen LogP) is 4.59. The van der Waals surface area contributed by atoms with E-state index in [2.05, 4.69) is 11.8 Å². The largest absolute Gasteiger partial charge is 0.481 e. The predicted molar refractivity (Wildman–Crippen MR) is 110 cm³/mol. The summed E-state index contributed by atoms with van der Waals surface area (Å²) in [4.78, 5) is 23.0. The zero-order valence-electron chi connectivity index (χ0n) is 16.5. The highest BCUT2D eigenvalue weighted by Crippen LogP contribution is 2.22. The van der Waals surface area contributed by atoms with Crippen LogP contribution in [0.5, 0.6) is 5.75 Å². The van der Waals surface area contributed by atoms with Crippen molar-refractivity contribution in [2.75, 3.05) is 6.61 Å². The van der Waals surface area contributed by atoms with Crippen molar-refractivity contribution in [3.63, 3.8) is 0 Å². The molecule has 0 atom stereocenters. The van der Waals surface area contributed by atoms with Gasteiger partial charge >= 0.3 is 5.97 Å². The molecule has 0 spiro atoms. The van der Waals surface area contributed by atoms with Crippen molar-refractivity contribution in [2.45, 2.75) is 39.7 Å². The van der Waals surface area contributed by atoms with Crippen molar-refractivity contribution < 1.29 is 19.1 Å². The molecule has 5 heteroatoms. The lowest BCUT2D eigenvalue weighted by Gasteiger charge is -2.19. The van der Waals surface area contributed by atoms with Gasteiger partial charge < -0.3 is 9.47 Å². The number of hydrogen-bond donors (Lipinski definition) is 0. The quantitative estimate of drug-likeness (QED) is 0.546. The van der Waals surface area contributed by atoms with E-state index < -0.39 is 11.6 Å². The van der Waals surface area contributed by atoms with Gasteiger partial charge in [0.1, 0.15) is 17.1 Å². The van der Waals surface area contributed by atoms with Gasteiger partial charge in [-0.2, -0.15) is 0 Å². The maximum atomic E-state index is 11.9. The molecule has 146 valence electrons. The van der Waals surface area contributed by atoms with Gasteiger partial charge in [0, 0.05) is 17.0 Å². The lowest BCUT2D eigenvalue weighted by Crippen LogP contribution is -2.27. The highest BCUT2D eigenvalue weighted by atomic mass is 35.5. The SMILES string of the molecule is CC(=O)Cc1ccc(C#Cc2cc(Cl)ccc2OCC(=O)OC(C)(C)C)cc1. The summed E-state index contributed by atoms with van der Waals surface area (Å²) >= 11 is 6.07. The minimum absolute atomic E-state index is 0.115. The molecule has 0 aliphatic rings. The maximum absolute atomic E-state index is 11.9. The highest BCUT2D eigenvalue weighted by molar-refractivity contribution is 6.30. The van der Waals surface area contributed by atoms with E-state index in [1.54, 1.807) is 45.9 Å². The molecule has 0 fully saturated rings. The molecule has 0 saturated heterocycles. The topological polar surface area (TPSA) is 52.6 Å². The first-order valence-electron chi connectivity index (χ1n) is 8.87. The molecule has 0 N–H and O–H groups in total. The number of rotatable bonds is 5. The van der Waals surface area contributed by atoms with Gasteiger partial charge in [-0.3, -0.25) is 4.79 Å². The molecule has 0 saturated carbocycles. The number of halogens is 1. The van der Waals surface area contributed by atoms with Gasteiger partial charge in [-0.1, -0.05) is 35.6 Å². The fourth-order valence-corrected chi connectivity index (χ4v) is 2.54. The van der Waals surface area contributed by atoms with Crippen molar-refractivity contribution >= 4 is 23.4 Å². The van der Waals surface area contributed by atoms with E-state index in [0.717, 1.165) is 11.1 Å². The van der Waals surface area contributed by atoms with Crippen LogP contribution in [0.4, 0.5) is 0 Å². The smallest absolute Gasteiger partial charge is 0.344 e. The summed E-state index contributed by atoms with van der Waals surface area (Å²) in [6, 6.07) is 12.5. The average Bonchev–Trinajstić information content (AvgIpc) is 2.58. The minimum Gasteiger partial charge on any atom is -0.481 e. The molecule has 0 radical (unpaired) electrons. The number of carbonyl (C=O) groups is 2. The molecule has 0 amide bonds. The fraction of sp³-hybridized carbons (Fsp3) is 0.304. The summed E-state index contributed by atoms with van der Waals surface area (Å²) in [6.07, 6.45) is 0.407. The zero-order valence-corrected chi connectivity index (χ0v) is 17.2. The molecule has 0 aliphatic heterocycles. The second-order valence-corrected chi connectivity index (χ2v) is 7.78. The molecule has 0 bridgehead atoms. The Bertz CT molecular complexity index is 912. The van der Waals surface area contributed by atoms with Crippen LogP contribution in [-0.2, 0) is 20.7 Å². The summed E-state index contributed by atoms with van der Waals surface area (Å²) in [6.45, 7) is 6.74. The number of carbonyl (C=O) groups excluding carboxylic acids is 2. The van der Waals surface area contributed by atoms with E-state index in [0.29, 0.717) is 22.8 Å². The molecule has 0 aromatic heterocycles. The van der Waals surface area contributed by atoms with Crippen LogP contribution in [0.1, 0.15) is 44.4 Å². The molecule has 0 heterocycles. The van der Waals surface area contributed by atoms with Crippen LogP contribution in [-0.4, -0.2) is 24.0 Å². The van der Waals surface area contributed by atoms with Gasteiger partial charge in [0.2, 0.25) is 0 Å². The number of benzene rings is 2. The Hall–Kier alpha value is -2.77. The Morgan fingerprint density at radius 2 is 1.71 bits per heavy atom. The Balaban J connectivity index is 2.13. The molecule has 0 aliphatic carbocycles. The van der Waals surface area contributed by atoms with Crippen molar-refractivity contribution in [3.05, 3.63) is 64.2 Å². The van der Waals surface area contributed by atoms with Crippen molar-refractivity contribution in [3.8, 4) is 17.6 Å². The number of esters is 1. The minimum atomic E-state index is -0.572. The summed E-state index contributed by atoms with van der Waals surface area (Å²) in [5.41, 5.74) is 1.74. The fourth-order valence-electron chi connectivity index (χ4n) is 2.37. The number of ether oxygens (including phenoxy) is 2. The molecule has 2 aromatic rings. The molecule has 4 nitrogen and oxygen atoms in total. The molecule has 28 heavy (non-hydrogen) atoms. The monoisotopic (exact) mass is 398 g/mol. The number of hydrogen-bond acceptors (Lipinski definition) is 4. The van der Waals surface area contributed by atoms with E-state index in [4.69, 9.17) is 21.1 Å². The van der Waals surface area contributed by atoms with E-state index in [1.807, 2.05) is 24.3 Å². The van der Waals surface area contributed by atoms with E-state index in [9.17, 15) is 9.59 Å². The first-order valence-corrected chi connectivity index (χ1v) is 9.25. The second-order valence-electron chi connectivity index (χ2n) is 7.34. The third-order valence-electron chi connectivity index (χ3n) is 3.46. The molecule has 2 aromatic carbocycles. The van der Waals surface area contributed by atoms with E-state index >= 15 is 0 Å². The lowest BCUT2D eigenvalue weighted by atomic mass is 10.1. The van der Waals surface area contributed by atoms with Crippen LogP contribution in [0.25, 0.3) is 0 Å². The van der Waals surface area contributed by atoms with Crippen LogP contribution < -0.4 is 4.74 Å². The number of ketones is 1. The van der Waals surface area contributed by atoms with Gasteiger partial charge in [-0.25, -0.2) is 4.79 Å². The van der Waals surface area contributed by atoms with E-state index in [-0.39, 0.29) is 12.4 Å². The highest BCUT2D eigenvalue weighted by Gasteiger charge is 2.17. The Morgan fingerprint density at radius 3 is 2.32 bits per heavy atom. The summed E-state index contributed by atoms with van der Waals surface area (Å²) in [5, 5.41) is 0.519. The first kappa shape index (κ1) is 21.5. The first-order chi connectivity index (χ1) is 13.1. The standard InChI is InChI=1S/C23H23ClO4/c1-16(25)13-18-7-5-17(6-8-18)9-10-19-14-20(24)11-12-21(19)27-15-22(26)28-23(2,3)4/h5-8,11-12,14H,13,15H2,1-4H3. The zero-order chi connectivity index (χ0) is 20.7. The van der Waals surface area contributed by atoms with Crippen molar-refractivity contribution in [1.29, 1.82) is 0 Å². The van der Waals surface area contributed by atoms with Gasteiger partial charge in [-0.15, -0.1) is 0 Å². The molecular weight excluding hydrogens is 376 g/mol. The van der Waals surface area contributed by atoms with Gasteiger partial charge in [0.15, 0.2) is 6.61 Å². The third-order valence-corrected chi connectivity index (χ3v) is 3.69. The molecule has 2 rings (SSSR count).